The average molecular weight is 416 g/mol. The molecule has 1 heterocycles. The van der Waals surface area contributed by atoms with Crippen molar-refractivity contribution in [2.75, 3.05) is 12.4 Å². The van der Waals surface area contributed by atoms with Gasteiger partial charge in [-0.25, -0.2) is 0 Å². The molecule has 2 N–H and O–H groups in total. The first-order valence-corrected chi connectivity index (χ1v) is 8.81. The summed E-state index contributed by atoms with van der Waals surface area (Å²) in [7, 11) is 1.33. The maximum Gasteiger partial charge on any atom is 0.387 e. The summed E-state index contributed by atoms with van der Waals surface area (Å²) in [5.74, 6) is -0.628. The number of hydrogen-bond donors (Lipinski definition) is 2. The van der Waals surface area contributed by atoms with Crippen molar-refractivity contribution in [3.63, 3.8) is 0 Å². The van der Waals surface area contributed by atoms with Crippen LogP contribution in [0.3, 0.4) is 0 Å². The van der Waals surface area contributed by atoms with E-state index in [0.29, 0.717) is 16.8 Å². The topological polar surface area (TPSA) is 89.8 Å². The van der Waals surface area contributed by atoms with Gasteiger partial charge in [-0.1, -0.05) is 12.1 Å². The van der Waals surface area contributed by atoms with E-state index in [4.69, 9.17) is 9.15 Å². The normalized spacial score (nSPS) is 10.5. The summed E-state index contributed by atoms with van der Waals surface area (Å²) in [5.41, 5.74) is 1.39. The van der Waals surface area contributed by atoms with Crippen molar-refractivity contribution in [2.45, 2.75) is 13.2 Å². The Morgan fingerprint density at radius 1 is 1.03 bits per heavy atom. The highest BCUT2D eigenvalue weighted by molar-refractivity contribution is 6.03. The maximum atomic E-state index is 12.5. The molecule has 3 rings (SSSR count). The molecule has 9 heteroatoms. The molecule has 0 fully saturated rings. The van der Waals surface area contributed by atoms with Gasteiger partial charge in [0.15, 0.2) is 17.3 Å². The van der Waals surface area contributed by atoms with Crippen molar-refractivity contribution in [3.05, 3.63) is 77.7 Å². The summed E-state index contributed by atoms with van der Waals surface area (Å²) in [5, 5.41) is 5.37. The van der Waals surface area contributed by atoms with Crippen molar-refractivity contribution in [2.24, 2.45) is 0 Å². The number of nitrogens with one attached hydrogen (secondary N) is 2. The number of benzene rings is 2. The van der Waals surface area contributed by atoms with E-state index in [2.05, 4.69) is 15.4 Å². The van der Waals surface area contributed by atoms with Crippen LogP contribution in [0.1, 0.15) is 26.5 Å². The average Bonchev–Trinajstić information content (AvgIpc) is 3.27. The van der Waals surface area contributed by atoms with Crippen LogP contribution in [0.15, 0.2) is 65.3 Å². The van der Waals surface area contributed by atoms with Crippen LogP contribution in [-0.4, -0.2) is 25.5 Å². The third-order valence-corrected chi connectivity index (χ3v) is 4.02. The molecule has 7 nitrogen and oxygen atoms in total. The lowest BCUT2D eigenvalue weighted by Gasteiger charge is -2.12. The predicted octanol–water partition coefficient (Wildman–Crippen LogP) is 4.07. The minimum atomic E-state index is -2.97. The third-order valence-electron chi connectivity index (χ3n) is 4.02. The van der Waals surface area contributed by atoms with E-state index in [9.17, 15) is 18.4 Å². The number of carbonyl (C=O) groups is 2. The number of alkyl halides is 2. The van der Waals surface area contributed by atoms with Crippen LogP contribution in [0.4, 0.5) is 14.5 Å². The van der Waals surface area contributed by atoms with Gasteiger partial charge >= 0.3 is 6.61 Å². The minimum Gasteiger partial charge on any atom is -0.493 e. The summed E-state index contributed by atoms with van der Waals surface area (Å²) in [6.07, 6.45) is 1.39. The molecule has 0 atom stereocenters. The van der Waals surface area contributed by atoms with Gasteiger partial charge in [-0.2, -0.15) is 8.78 Å². The van der Waals surface area contributed by atoms with Crippen molar-refractivity contribution in [3.8, 4) is 11.5 Å². The number of hydrogen-bond acceptors (Lipinski definition) is 5. The molecular weight excluding hydrogens is 398 g/mol. The molecule has 0 unspecified atom stereocenters. The first-order valence-electron chi connectivity index (χ1n) is 8.81. The third kappa shape index (κ3) is 5.34. The molecule has 0 aliphatic rings. The Morgan fingerprint density at radius 2 is 1.87 bits per heavy atom. The highest BCUT2D eigenvalue weighted by Crippen LogP contribution is 2.29. The van der Waals surface area contributed by atoms with Crippen LogP contribution < -0.4 is 20.1 Å². The fourth-order valence-electron chi connectivity index (χ4n) is 2.64. The first-order chi connectivity index (χ1) is 14.5. The smallest absolute Gasteiger partial charge is 0.387 e. The van der Waals surface area contributed by atoms with Gasteiger partial charge < -0.3 is 24.5 Å². The molecule has 2 amide bonds. The number of rotatable bonds is 8. The Morgan fingerprint density at radius 3 is 2.57 bits per heavy atom. The molecule has 0 saturated heterocycles. The second-order valence-corrected chi connectivity index (χ2v) is 6.06. The van der Waals surface area contributed by atoms with E-state index in [-0.39, 0.29) is 29.7 Å². The van der Waals surface area contributed by atoms with Crippen LogP contribution in [0.5, 0.6) is 11.5 Å². The van der Waals surface area contributed by atoms with Crippen molar-refractivity contribution >= 4 is 17.5 Å². The van der Waals surface area contributed by atoms with Crippen molar-refractivity contribution in [1.29, 1.82) is 0 Å². The Labute approximate surface area is 170 Å². The fourth-order valence-corrected chi connectivity index (χ4v) is 2.64. The molecule has 0 spiro atoms. The minimum absolute atomic E-state index is 0.0948. The molecule has 30 heavy (non-hydrogen) atoms. The molecule has 0 saturated carbocycles. The largest absolute Gasteiger partial charge is 0.493 e. The van der Waals surface area contributed by atoms with E-state index >= 15 is 0 Å². The summed E-state index contributed by atoms with van der Waals surface area (Å²) in [4.78, 5) is 24.5. The Kier molecular flexibility index (Phi) is 6.63. The number of amides is 2. The standard InChI is InChI=1S/C21H18F2N2O5/c1-28-18-10-13(7-8-16(18)30-21(22)23)12-24-19(26)14-4-2-5-15(11-14)25-20(27)17-6-3-9-29-17/h2-11,21H,12H2,1H3,(H,24,26)(H,25,27). The lowest BCUT2D eigenvalue weighted by atomic mass is 10.1. The lowest BCUT2D eigenvalue weighted by molar-refractivity contribution is -0.0512. The lowest BCUT2D eigenvalue weighted by Crippen LogP contribution is -2.23. The zero-order valence-electron chi connectivity index (χ0n) is 15.9. The second-order valence-electron chi connectivity index (χ2n) is 6.06. The summed E-state index contributed by atoms with van der Waals surface area (Å²) in [6.45, 7) is -2.84. The Balaban J connectivity index is 1.63. The summed E-state index contributed by atoms with van der Waals surface area (Å²) >= 11 is 0. The molecule has 3 aromatic rings. The van der Waals surface area contributed by atoms with E-state index < -0.39 is 12.5 Å². The summed E-state index contributed by atoms with van der Waals surface area (Å²) < 4.78 is 39.3. The monoisotopic (exact) mass is 416 g/mol. The van der Waals surface area contributed by atoms with Gasteiger partial charge in [-0.05, 0) is 48.0 Å². The highest BCUT2D eigenvalue weighted by Gasteiger charge is 2.13. The van der Waals surface area contributed by atoms with Gasteiger partial charge in [0.2, 0.25) is 0 Å². The predicted molar refractivity (Wildman–Crippen MR) is 104 cm³/mol. The molecule has 1 aromatic heterocycles. The molecule has 0 bridgehead atoms. The van der Waals surface area contributed by atoms with E-state index in [0.717, 1.165) is 0 Å². The van der Waals surface area contributed by atoms with Crippen LogP contribution >= 0.6 is 0 Å². The van der Waals surface area contributed by atoms with E-state index in [1.165, 1.54) is 37.6 Å². The number of halogens is 2. The number of anilines is 1. The van der Waals surface area contributed by atoms with Crippen LogP contribution in [-0.2, 0) is 6.54 Å². The van der Waals surface area contributed by atoms with Gasteiger partial charge in [0, 0.05) is 17.8 Å². The number of ether oxygens (including phenoxy) is 2. The molecule has 0 aliphatic heterocycles. The van der Waals surface area contributed by atoms with Crippen LogP contribution in [0.2, 0.25) is 0 Å². The number of methoxy groups -OCH3 is 1. The SMILES string of the molecule is COc1cc(CNC(=O)c2cccc(NC(=O)c3ccco3)c2)ccc1OC(F)F. The van der Waals surface area contributed by atoms with Crippen molar-refractivity contribution in [1.82, 2.24) is 5.32 Å². The first kappa shape index (κ1) is 20.8. The second kappa shape index (κ2) is 9.55. The zero-order valence-corrected chi connectivity index (χ0v) is 15.9. The van der Waals surface area contributed by atoms with Gasteiger partial charge in [0.05, 0.1) is 13.4 Å². The highest BCUT2D eigenvalue weighted by atomic mass is 19.3. The quantitative estimate of drug-likeness (QED) is 0.578. The van der Waals surface area contributed by atoms with Gasteiger partial charge in [-0.15, -0.1) is 0 Å². The molecule has 156 valence electrons. The fraction of sp³-hybridized carbons (Fsp3) is 0.143. The van der Waals surface area contributed by atoms with E-state index in [1.54, 1.807) is 30.3 Å². The maximum absolute atomic E-state index is 12.5. The molecule has 0 aliphatic carbocycles. The Bertz CT molecular complexity index is 1020. The molecule has 2 aromatic carbocycles. The Hall–Kier alpha value is -3.88. The van der Waals surface area contributed by atoms with Gasteiger partial charge in [-0.3, -0.25) is 9.59 Å². The number of carbonyl (C=O) groups excluding carboxylic acids is 2. The zero-order chi connectivity index (χ0) is 21.5. The van der Waals surface area contributed by atoms with Crippen LogP contribution in [0.25, 0.3) is 0 Å². The van der Waals surface area contributed by atoms with Gasteiger partial charge in [0.25, 0.3) is 11.8 Å². The van der Waals surface area contributed by atoms with Crippen molar-refractivity contribution < 1.29 is 32.3 Å². The van der Waals surface area contributed by atoms with E-state index in [1.807, 2.05) is 0 Å². The van der Waals surface area contributed by atoms with Gasteiger partial charge in [0.1, 0.15) is 0 Å². The molecular formula is C21H18F2N2O5. The molecule has 0 radical (unpaired) electrons. The number of furan rings is 1. The summed E-state index contributed by atoms with van der Waals surface area (Å²) in [6, 6.07) is 13.9. The van der Waals surface area contributed by atoms with Crippen LogP contribution in [0, 0.1) is 0 Å².